The van der Waals surface area contributed by atoms with Crippen molar-refractivity contribution in [2.45, 2.75) is 6.42 Å². The highest BCUT2D eigenvalue weighted by atomic mass is 16.2. The molecule has 1 saturated heterocycles. The predicted molar refractivity (Wildman–Crippen MR) is 60.9 cm³/mol. The molecule has 0 bridgehead atoms. The van der Waals surface area contributed by atoms with Crippen molar-refractivity contribution in [3.05, 3.63) is 41.9 Å². The molecule has 1 fully saturated rings. The lowest BCUT2D eigenvalue weighted by Crippen LogP contribution is -2.19. The Morgan fingerprint density at radius 3 is 2.94 bits per heavy atom. The van der Waals surface area contributed by atoms with E-state index < -0.39 is 0 Å². The third-order valence-corrected chi connectivity index (χ3v) is 2.60. The van der Waals surface area contributed by atoms with Crippen LogP contribution >= 0.6 is 0 Å². The van der Waals surface area contributed by atoms with Gasteiger partial charge >= 0.3 is 0 Å². The van der Waals surface area contributed by atoms with Crippen LogP contribution < -0.4 is 5.32 Å². The van der Waals surface area contributed by atoms with Gasteiger partial charge in [0, 0.05) is 18.0 Å². The third-order valence-electron chi connectivity index (χ3n) is 2.60. The van der Waals surface area contributed by atoms with E-state index in [1.54, 1.807) is 6.08 Å². The highest BCUT2D eigenvalue weighted by Gasteiger charge is 2.23. The van der Waals surface area contributed by atoms with E-state index in [2.05, 4.69) is 10.3 Å². The van der Waals surface area contributed by atoms with Gasteiger partial charge in [0.25, 0.3) is 5.91 Å². The topological polar surface area (TPSA) is 63.5 Å². The van der Waals surface area contributed by atoms with Crippen molar-refractivity contribution in [3.8, 4) is 0 Å². The van der Waals surface area contributed by atoms with Crippen molar-refractivity contribution in [1.29, 1.82) is 0 Å². The number of imide groups is 1. The van der Waals surface area contributed by atoms with Crippen molar-refractivity contribution in [3.63, 3.8) is 0 Å². The minimum absolute atomic E-state index is 0.132. The van der Waals surface area contributed by atoms with E-state index >= 15 is 0 Å². The summed E-state index contributed by atoms with van der Waals surface area (Å²) >= 11 is 0. The first-order valence-electron chi connectivity index (χ1n) is 5.21. The minimum atomic E-state index is -0.327. The Morgan fingerprint density at radius 1 is 1.35 bits per heavy atom. The zero-order chi connectivity index (χ0) is 11.8. The molecule has 0 spiro atoms. The third kappa shape index (κ3) is 1.71. The van der Waals surface area contributed by atoms with Gasteiger partial charge in [-0.25, -0.2) is 4.98 Å². The van der Waals surface area contributed by atoms with E-state index in [1.807, 2.05) is 35.0 Å². The highest BCUT2D eigenvalue weighted by molar-refractivity contribution is 6.15. The Labute approximate surface area is 96.8 Å². The van der Waals surface area contributed by atoms with Gasteiger partial charge < -0.3 is 4.40 Å². The molecule has 0 unspecified atom stereocenters. The van der Waals surface area contributed by atoms with Gasteiger partial charge in [0.1, 0.15) is 5.65 Å². The van der Waals surface area contributed by atoms with E-state index in [4.69, 9.17) is 0 Å². The zero-order valence-electron chi connectivity index (χ0n) is 8.88. The first-order chi connectivity index (χ1) is 8.22. The van der Waals surface area contributed by atoms with Gasteiger partial charge in [0.05, 0.1) is 12.1 Å². The fourth-order valence-corrected chi connectivity index (χ4v) is 1.82. The number of nitrogens with zero attached hydrogens (tertiary/aromatic N) is 2. The Kier molecular flexibility index (Phi) is 2.04. The lowest BCUT2D eigenvalue weighted by atomic mass is 10.2. The molecule has 2 amide bonds. The standard InChI is InChI=1S/C12H9N3O2/c16-11-6-8(12(17)14-11)5-9-7-15-4-2-1-3-10(15)13-9/h1-5,7H,6H2,(H,14,16,17). The number of hydrogen-bond donors (Lipinski definition) is 1. The largest absolute Gasteiger partial charge is 0.306 e. The maximum absolute atomic E-state index is 11.4. The Hall–Kier alpha value is -2.43. The molecule has 0 aromatic carbocycles. The predicted octanol–water partition coefficient (Wildman–Crippen LogP) is 0.764. The lowest BCUT2D eigenvalue weighted by molar-refractivity contribution is -0.124. The van der Waals surface area contributed by atoms with Crippen LogP contribution in [0.25, 0.3) is 11.7 Å². The van der Waals surface area contributed by atoms with E-state index in [9.17, 15) is 9.59 Å². The van der Waals surface area contributed by atoms with Crippen LogP contribution in [0.4, 0.5) is 0 Å². The van der Waals surface area contributed by atoms with Gasteiger partial charge in [0.2, 0.25) is 5.91 Å². The second-order valence-corrected chi connectivity index (χ2v) is 3.86. The normalized spacial score (nSPS) is 18.0. The summed E-state index contributed by atoms with van der Waals surface area (Å²) < 4.78 is 1.86. The molecule has 3 heterocycles. The number of pyridine rings is 1. The van der Waals surface area contributed by atoms with Crippen LogP contribution in [-0.2, 0) is 9.59 Å². The summed E-state index contributed by atoms with van der Waals surface area (Å²) in [7, 11) is 0. The van der Waals surface area contributed by atoms with Gasteiger partial charge in [-0.3, -0.25) is 14.9 Å². The molecule has 5 heteroatoms. The average molecular weight is 227 g/mol. The molecule has 1 aliphatic rings. The van der Waals surface area contributed by atoms with Crippen LogP contribution in [0.2, 0.25) is 0 Å². The summed E-state index contributed by atoms with van der Waals surface area (Å²) in [5.74, 6) is -0.586. The molecule has 3 rings (SSSR count). The van der Waals surface area contributed by atoms with Crippen LogP contribution in [0, 0.1) is 0 Å². The maximum Gasteiger partial charge on any atom is 0.254 e. The number of hydrogen-bond acceptors (Lipinski definition) is 3. The van der Waals surface area contributed by atoms with Gasteiger partial charge in [0.15, 0.2) is 0 Å². The second kappa shape index (κ2) is 3.55. The Balaban J connectivity index is 2.02. The van der Waals surface area contributed by atoms with Gasteiger partial charge in [-0.05, 0) is 18.2 Å². The summed E-state index contributed by atoms with van der Waals surface area (Å²) in [6.07, 6.45) is 5.47. The molecule has 1 aliphatic heterocycles. The van der Waals surface area contributed by atoms with Crippen molar-refractivity contribution in [2.24, 2.45) is 0 Å². The molecule has 2 aromatic rings. The van der Waals surface area contributed by atoms with Gasteiger partial charge in [-0.2, -0.15) is 0 Å². The number of rotatable bonds is 1. The summed E-state index contributed by atoms with van der Waals surface area (Å²) in [5, 5.41) is 2.24. The number of fused-ring (bicyclic) bond motifs is 1. The molecule has 0 radical (unpaired) electrons. The molecule has 2 aromatic heterocycles. The molecule has 0 aliphatic carbocycles. The number of amides is 2. The quantitative estimate of drug-likeness (QED) is 0.578. The van der Waals surface area contributed by atoms with E-state index in [1.165, 1.54) is 0 Å². The fourth-order valence-electron chi connectivity index (χ4n) is 1.82. The molecule has 84 valence electrons. The number of carbonyl (C=O) groups excluding carboxylic acids is 2. The van der Waals surface area contributed by atoms with Gasteiger partial charge in [-0.1, -0.05) is 6.07 Å². The van der Waals surface area contributed by atoms with Crippen LogP contribution in [0.5, 0.6) is 0 Å². The Morgan fingerprint density at radius 2 is 2.24 bits per heavy atom. The van der Waals surface area contributed by atoms with Crippen LogP contribution in [0.3, 0.4) is 0 Å². The lowest BCUT2D eigenvalue weighted by Gasteiger charge is -1.88. The average Bonchev–Trinajstić information content (AvgIpc) is 2.82. The molecule has 17 heavy (non-hydrogen) atoms. The number of aromatic nitrogens is 2. The second-order valence-electron chi connectivity index (χ2n) is 3.86. The van der Waals surface area contributed by atoms with Crippen LogP contribution in [0.15, 0.2) is 36.2 Å². The highest BCUT2D eigenvalue weighted by Crippen LogP contribution is 2.14. The van der Waals surface area contributed by atoms with Crippen LogP contribution in [0.1, 0.15) is 12.1 Å². The number of carbonyl (C=O) groups is 2. The smallest absolute Gasteiger partial charge is 0.254 e. The molecular weight excluding hydrogens is 218 g/mol. The number of imidazole rings is 1. The van der Waals surface area contributed by atoms with Crippen molar-refractivity contribution >= 4 is 23.5 Å². The van der Waals surface area contributed by atoms with E-state index in [-0.39, 0.29) is 18.2 Å². The summed E-state index contributed by atoms with van der Waals surface area (Å²) in [5.41, 5.74) is 1.94. The van der Waals surface area contributed by atoms with Crippen molar-refractivity contribution < 1.29 is 9.59 Å². The summed E-state index contributed by atoms with van der Waals surface area (Å²) in [6, 6.07) is 5.67. The summed E-state index contributed by atoms with van der Waals surface area (Å²) in [4.78, 5) is 26.7. The molecule has 0 atom stereocenters. The van der Waals surface area contributed by atoms with Gasteiger partial charge in [-0.15, -0.1) is 0 Å². The fraction of sp³-hybridized carbons (Fsp3) is 0.0833. The van der Waals surface area contributed by atoms with Crippen molar-refractivity contribution in [2.75, 3.05) is 0 Å². The molecular formula is C12H9N3O2. The SMILES string of the molecule is O=C1CC(=Cc2cn3ccccc3n2)C(=O)N1. The monoisotopic (exact) mass is 227 g/mol. The molecule has 5 nitrogen and oxygen atoms in total. The Bertz CT molecular complexity index is 622. The molecule has 0 saturated carbocycles. The van der Waals surface area contributed by atoms with Crippen molar-refractivity contribution in [1.82, 2.24) is 14.7 Å². The molecule has 1 N–H and O–H groups in total. The summed E-state index contributed by atoms with van der Waals surface area (Å²) in [6.45, 7) is 0. The van der Waals surface area contributed by atoms with E-state index in [0.29, 0.717) is 11.3 Å². The first kappa shape index (κ1) is 9.77. The van der Waals surface area contributed by atoms with E-state index in [0.717, 1.165) is 5.65 Å². The minimum Gasteiger partial charge on any atom is -0.306 e. The van der Waals surface area contributed by atoms with Crippen LogP contribution in [-0.4, -0.2) is 21.2 Å². The number of nitrogens with one attached hydrogen (secondary N) is 1. The zero-order valence-corrected chi connectivity index (χ0v) is 8.88. The first-order valence-corrected chi connectivity index (χ1v) is 5.21. The maximum atomic E-state index is 11.4.